The molecule has 0 aliphatic rings. The van der Waals surface area contributed by atoms with Crippen LogP contribution in [0.1, 0.15) is 33.3 Å². The van der Waals surface area contributed by atoms with Gasteiger partial charge < -0.3 is 9.52 Å². The number of rotatable bonds is 5. The first kappa shape index (κ1) is 14.0. The normalized spacial score (nSPS) is 10.5. The third-order valence-electron chi connectivity index (χ3n) is 3.26. The fourth-order valence-corrected chi connectivity index (χ4v) is 2.14. The topological polar surface area (TPSA) is 76.2 Å². The minimum atomic E-state index is -0.936. The number of aromatic nitrogens is 2. The van der Waals surface area contributed by atoms with Crippen LogP contribution in [0.5, 0.6) is 0 Å². The molecule has 0 aliphatic heterocycles. The molecule has 0 spiro atoms. The number of benzene rings is 2. The lowest BCUT2D eigenvalue weighted by Gasteiger charge is -1.98. The third kappa shape index (κ3) is 3.38. The number of hydrogen-bond acceptors (Lipinski definition) is 4. The lowest BCUT2D eigenvalue weighted by molar-refractivity contribution is 0.0697. The van der Waals surface area contributed by atoms with Gasteiger partial charge in [0.1, 0.15) is 0 Å². The standard InChI is InChI=1S/C17H14N2O3/c20-17(21)14-8-6-13(7-9-14)11-16-19-18-15(22-16)10-12-4-2-1-3-5-12/h1-9H,10-11H2,(H,20,21). The van der Waals surface area contributed by atoms with E-state index in [1.807, 2.05) is 30.3 Å². The molecule has 5 heteroatoms. The minimum absolute atomic E-state index is 0.263. The van der Waals surface area contributed by atoms with Gasteiger partial charge in [-0.05, 0) is 23.3 Å². The Hall–Kier alpha value is -2.95. The Labute approximate surface area is 127 Å². The van der Waals surface area contributed by atoms with E-state index in [2.05, 4.69) is 10.2 Å². The van der Waals surface area contributed by atoms with E-state index in [1.54, 1.807) is 24.3 Å². The van der Waals surface area contributed by atoms with E-state index >= 15 is 0 Å². The van der Waals surface area contributed by atoms with Crippen molar-refractivity contribution in [3.05, 3.63) is 83.1 Å². The molecule has 3 aromatic rings. The molecule has 0 atom stereocenters. The van der Waals surface area contributed by atoms with Gasteiger partial charge in [0, 0.05) is 0 Å². The first-order valence-electron chi connectivity index (χ1n) is 6.88. The van der Waals surface area contributed by atoms with E-state index in [1.165, 1.54) is 0 Å². The molecule has 3 rings (SSSR count). The number of carboxylic acid groups (broad SMARTS) is 1. The van der Waals surface area contributed by atoms with Crippen molar-refractivity contribution in [3.8, 4) is 0 Å². The molecule has 0 amide bonds. The van der Waals surface area contributed by atoms with Crippen LogP contribution in [-0.2, 0) is 12.8 Å². The molecule has 0 radical (unpaired) electrons. The van der Waals surface area contributed by atoms with Crippen molar-refractivity contribution in [1.29, 1.82) is 0 Å². The van der Waals surface area contributed by atoms with Crippen molar-refractivity contribution >= 4 is 5.97 Å². The van der Waals surface area contributed by atoms with Crippen LogP contribution in [0.25, 0.3) is 0 Å². The molecule has 0 unspecified atom stereocenters. The van der Waals surface area contributed by atoms with Crippen LogP contribution >= 0.6 is 0 Å². The van der Waals surface area contributed by atoms with Crippen molar-refractivity contribution in [1.82, 2.24) is 10.2 Å². The fraction of sp³-hybridized carbons (Fsp3) is 0.118. The largest absolute Gasteiger partial charge is 0.478 e. The van der Waals surface area contributed by atoms with E-state index in [0.717, 1.165) is 11.1 Å². The number of hydrogen-bond donors (Lipinski definition) is 1. The van der Waals surface area contributed by atoms with E-state index in [4.69, 9.17) is 9.52 Å². The van der Waals surface area contributed by atoms with Crippen LogP contribution in [0.15, 0.2) is 59.0 Å². The number of carboxylic acids is 1. The molecule has 0 fully saturated rings. The van der Waals surface area contributed by atoms with Gasteiger partial charge in [0.15, 0.2) is 0 Å². The highest BCUT2D eigenvalue weighted by atomic mass is 16.4. The average Bonchev–Trinajstić information content (AvgIpc) is 2.96. The lowest BCUT2D eigenvalue weighted by atomic mass is 10.1. The van der Waals surface area contributed by atoms with Crippen LogP contribution in [-0.4, -0.2) is 21.3 Å². The Balaban J connectivity index is 1.67. The molecule has 2 aromatic carbocycles. The maximum Gasteiger partial charge on any atom is 0.335 e. The predicted octanol–water partition coefficient (Wildman–Crippen LogP) is 2.95. The van der Waals surface area contributed by atoms with Gasteiger partial charge in [0.05, 0.1) is 18.4 Å². The van der Waals surface area contributed by atoms with Crippen LogP contribution in [0.4, 0.5) is 0 Å². The maximum atomic E-state index is 10.8. The van der Waals surface area contributed by atoms with Crippen molar-refractivity contribution in [3.63, 3.8) is 0 Å². The lowest BCUT2D eigenvalue weighted by Crippen LogP contribution is -1.96. The maximum absolute atomic E-state index is 10.8. The second-order valence-electron chi connectivity index (χ2n) is 4.93. The van der Waals surface area contributed by atoms with Gasteiger partial charge in [0.25, 0.3) is 0 Å². The molecular weight excluding hydrogens is 280 g/mol. The van der Waals surface area contributed by atoms with Gasteiger partial charge >= 0.3 is 5.97 Å². The summed E-state index contributed by atoms with van der Waals surface area (Å²) in [5.41, 5.74) is 2.31. The van der Waals surface area contributed by atoms with E-state index < -0.39 is 5.97 Å². The summed E-state index contributed by atoms with van der Waals surface area (Å²) < 4.78 is 5.63. The summed E-state index contributed by atoms with van der Waals surface area (Å²) in [5, 5.41) is 16.9. The summed E-state index contributed by atoms with van der Waals surface area (Å²) in [4.78, 5) is 10.8. The fourth-order valence-electron chi connectivity index (χ4n) is 2.14. The van der Waals surface area contributed by atoms with Gasteiger partial charge in [-0.15, -0.1) is 10.2 Å². The van der Waals surface area contributed by atoms with E-state index in [0.29, 0.717) is 24.6 Å². The van der Waals surface area contributed by atoms with Gasteiger partial charge in [-0.25, -0.2) is 4.79 Å². The van der Waals surface area contributed by atoms with Crippen molar-refractivity contribution in [2.24, 2.45) is 0 Å². The Morgan fingerprint density at radius 3 is 1.95 bits per heavy atom. The van der Waals surface area contributed by atoms with Crippen LogP contribution in [0, 0.1) is 0 Å². The molecule has 1 N–H and O–H groups in total. The van der Waals surface area contributed by atoms with Gasteiger partial charge in [0.2, 0.25) is 11.8 Å². The molecule has 0 saturated heterocycles. The second kappa shape index (κ2) is 6.22. The van der Waals surface area contributed by atoms with Crippen molar-refractivity contribution < 1.29 is 14.3 Å². The van der Waals surface area contributed by atoms with Gasteiger partial charge in [-0.3, -0.25) is 0 Å². The summed E-state index contributed by atoms with van der Waals surface area (Å²) in [6, 6.07) is 16.6. The number of aromatic carboxylic acids is 1. The Morgan fingerprint density at radius 2 is 1.41 bits per heavy atom. The van der Waals surface area contributed by atoms with Crippen molar-refractivity contribution in [2.75, 3.05) is 0 Å². The first-order chi connectivity index (χ1) is 10.7. The Kier molecular flexibility index (Phi) is 3.96. The average molecular weight is 294 g/mol. The second-order valence-corrected chi connectivity index (χ2v) is 4.93. The zero-order valence-electron chi connectivity index (χ0n) is 11.8. The summed E-state index contributed by atoms with van der Waals surface area (Å²) in [7, 11) is 0. The van der Waals surface area contributed by atoms with Crippen LogP contribution in [0.3, 0.4) is 0 Å². The molecule has 110 valence electrons. The number of carbonyl (C=O) groups is 1. The van der Waals surface area contributed by atoms with Crippen LogP contribution in [0.2, 0.25) is 0 Å². The molecular formula is C17H14N2O3. The Morgan fingerprint density at radius 1 is 0.864 bits per heavy atom. The summed E-state index contributed by atoms with van der Waals surface area (Å²) in [6.45, 7) is 0. The molecule has 0 aliphatic carbocycles. The Bertz CT molecular complexity index is 764. The zero-order chi connectivity index (χ0) is 15.4. The third-order valence-corrected chi connectivity index (χ3v) is 3.26. The first-order valence-corrected chi connectivity index (χ1v) is 6.88. The summed E-state index contributed by atoms with van der Waals surface area (Å²) in [5.74, 6) is 0.159. The highest BCUT2D eigenvalue weighted by Gasteiger charge is 2.08. The molecule has 0 bridgehead atoms. The van der Waals surface area contributed by atoms with Crippen LogP contribution < -0.4 is 0 Å². The highest BCUT2D eigenvalue weighted by molar-refractivity contribution is 5.87. The summed E-state index contributed by atoms with van der Waals surface area (Å²) >= 11 is 0. The van der Waals surface area contributed by atoms with Crippen molar-refractivity contribution in [2.45, 2.75) is 12.8 Å². The molecule has 5 nitrogen and oxygen atoms in total. The quantitative estimate of drug-likeness (QED) is 0.783. The zero-order valence-corrected chi connectivity index (χ0v) is 11.8. The highest BCUT2D eigenvalue weighted by Crippen LogP contribution is 2.12. The molecule has 22 heavy (non-hydrogen) atoms. The monoisotopic (exact) mass is 294 g/mol. The summed E-state index contributed by atoms with van der Waals surface area (Å²) in [6.07, 6.45) is 1.09. The minimum Gasteiger partial charge on any atom is -0.478 e. The molecule has 0 saturated carbocycles. The van der Waals surface area contributed by atoms with Gasteiger partial charge in [-0.1, -0.05) is 42.5 Å². The van der Waals surface area contributed by atoms with Gasteiger partial charge in [-0.2, -0.15) is 0 Å². The SMILES string of the molecule is O=C(O)c1ccc(Cc2nnc(Cc3ccccc3)o2)cc1. The smallest absolute Gasteiger partial charge is 0.335 e. The molecule has 1 aromatic heterocycles. The predicted molar refractivity (Wildman–Crippen MR) is 79.8 cm³/mol. The van der Waals surface area contributed by atoms with E-state index in [9.17, 15) is 4.79 Å². The number of nitrogens with zero attached hydrogens (tertiary/aromatic N) is 2. The van der Waals surface area contributed by atoms with E-state index in [-0.39, 0.29) is 5.56 Å². The molecule has 1 heterocycles.